The van der Waals surface area contributed by atoms with Crippen molar-refractivity contribution in [3.05, 3.63) is 35.4 Å². The van der Waals surface area contributed by atoms with Crippen LogP contribution in [0.2, 0.25) is 0 Å². The summed E-state index contributed by atoms with van der Waals surface area (Å²) >= 11 is -1.89. The first-order valence-corrected chi connectivity index (χ1v) is 4.88. The second-order valence-electron chi connectivity index (χ2n) is 2.52. The van der Waals surface area contributed by atoms with Crippen molar-refractivity contribution >= 4 is 11.1 Å². The van der Waals surface area contributed by atoms with E-state index >= 15 is 0 Å². The molecule has 0 aliphatic heterocycles. The van der Waals surface area contributed by atoms with Crippen molar-refractivity contribution in [3.63, 3.8) is 0 Å². The fourth-order valence-corrected chi connectivity index (χ4v) is 1.31. The maximum Gasteiger partial charge on any atom is 0.159 e. The van der Waals surface area contributed by atoms with Gasteiger partial charge >= 0.3 is 0 Å². The van der Waals surface area contributed by atoms with Gasteiger partial charge in [0.15, 0.2) is 22.7 Å². The van der Waals surface area contributed by atoms with Crippen molar-refractivity contribution in [2.24, 2.45) is 0 Å². The van der Waals surface area contributed by atoms with E-state index < -0.39 is 22.7 Å². The average molecular weight is 206 g/mol. The molecule has 0 radical (unpaired) electrons. The van der Waals surface area contributed by atoms with Crippen molar-refractivity contribution in [1.82, 2.24) is 0 Å². The summed E-state index contributed by atoms with van der Waals surface area (Å²) < 4.78 is 43.7. The minimum absolute atomic E-state index is 0.0328. The van der Waals surface area contributed by atoms with Crippen LogP contribution in [0.5, 0.6) is 0 Å². The first kappa shape index (κ1) is 10.3. The molecule has 0 bridgehead atoms. The summed E-state index contributed by atoms with van der Waals surface area (Å²) in [7, 11) is 0. The molecule has 1 aromatic rings. The Morgan fingerprint density at radius 1 is 1.31 bits per heavy atom. The SMILES string of the molecule is O=S(O)CCc1ccc(F)c(F)c1. The third-order valence-corrected chi connectivity index (χ3v) is 2.10. The Morgan fingerprint density at radius 2 is 2.00 bits per heavy atom. The van der Waals surface area contributed by atoms with Gasteiger partial charge in [-0.15, -0.1) is 0 Å². The topological polar surface area (TPSA) is 37.3 Å². The fraction of sp³-hybridized carbons (Fsp3) is 0.250. The van der Waals surface area contributed by atoms with Gasteiger partial charge < -0.3 is 4.55 Å². The molecule has 0 saturated carbocycles. The zero-order chi connectivity index (χ0) is 9.84. The number of hydrogen-bond acceptors (Lipinski definition) is 1. The van der Waals surface area contributed by atoms with Crippen LogP contribution < -0.4 is 0 Å². The van der Waals surface area contributed by atoms with Crippen LogP contribution in [0.25, 0.3) is 0 Å². The summed E-state index contributed by atoms with van der Waals surface area (Å²) in [6.07, 6.45) is 0.264. The van der Waals surface area contributed by atoms with Crippen molar-refractivity contribution in [2.75, 3.05) is 5.75 Å². The highest BCUT2D eigenvalue weighted by molar-refractivity contribution is 7.79. The van der Waals surface area contributed by atoms with Crippen LogP contribution in [0.1, 0.15) is 5.56 Å². The molecule has 0 heterocycles. The molecule has 1 N–H and O–H groups in total. The summed E-state index contributed by atoms with van der Waals surface area (Å²) in [5, 5.41) is 0. The highest BCUT2D eigenvalue weighted by Crippen LogP contribution is 2.09. The molecule has 5 heteroatoms. The second-order valence-corrected chi connectivity index (χ2v) is 3.58. The smallest absolute Gasteiger partial charge is 0.159 e. The molecule has 1 rings (SSSR count). The Bertz CT molecular complexity index is 328. The monoisotopic (exact) mass is 206 g/mol. The highest BCUT2D eigenvalue weighted by Gasteiger charge is 2.03. The summed E-state index contributed by atoms with van der Waals surface area (Å²) in [6.45, 7) is 0. The number of halogens is 2. The lowest BCUT2D eigenvalue weighted by atomic mass is 10.2. The summed E-state index contributed by atoms with van der Waals surface area (Å²) in [6, 6.07) is 3.43. The fourth-order valence-electron chi connectivity index (χ4n) is 0.900. The van der Waals surface area contributed by atoms with Crippen molar-refractivity contribution in [2.45, 2.75) is 6.42 Å². The van der Waals surface area contributed by atoms with Gasteiger partial charge in [0.05, 0.1) is 5.75 Å². The van der Waals surface area contributed by atoms with Crippen LogP contribution in [-0.2, 0) is 17.5 Å². The number of hydrogen-bond donors (Lipinski definition) is 1. The molecule has 72 valence electrons. The molecule has 13 heavy (non-hydrogen) atoms. The first-order chi connectivity index (χ1) is 6.09. The molecule has 1 atom stereocenters. The molecule has 0 aromatic heterocycles. The van der Waals surface area contributed by atoms with Gasteiger partial charge in [0, 0.05) is 0 Å². The van der Waals surface area contributed by atoms with E-state index in [1.54, 1.807) is 0 Å². The van der Waals surface area contributed by atoms with Gasteiger partial charge in [-0.3, -0.25) is 0 Å². The third-order valence-electron chi connectivity index (χ3n) is 1.55. The van der Waals surface area contributed by atoms with Gasteiger partial charge in [-0.25, -0.2) is 13.0 Å². The van der Waals surface area contributed by atoms with E-state index in [2.05, 4.69) is 0 Å². The summed E-state index contributed by atoms with van der Waals surface area (Å²) in [5.41, 5.74) is 0.515. The highest BCUT2D eigenvalue weighted by atomic mass is 32.2. The van der Waals surface area contributed by atoms with Gasteiger partial charge in [-0.05, 0) is 24.1 Å². The van der Waals surface area contributed by atoms with E-state index in [4.69, 9.17) is 4.55 Å². The zero-order valence-corrected chi connectivity index (χ0v) is 7.48. The van der Waals surface area contributed by atoms with Gasteiger partial charge in [0.1, 0.15) is 0 Å². The lowest BCUT2D eigenvalue weighted by Crippen LogP contribution is -1.99. The molecule has 0 aliphatic carbocycles. The molecule has 0 saturated heterocycles. The number of rotatable bonds is 3. The second kappa shape index (κ2) is 4.43. The number of benzene rings is 1. The van der Waals surface area contributed by atoms with Crippen molar-refractivity contribution in [1.29, 1.82) is 0 Å². The quantitative estimate of drug-likeness (QED) is 0.765. The molecule has 0 spiro atoms. The van der Waals surface area contributed by atoms with E-state index in [0.29, 0.717) is 5.56 Å². The molecule has 2 nitrogen and oxygen atoms in total. The minimum atomic E-state index is -1.89. The normalized spacial score (nSPS) is 12.8. The van der Waals surface area contributed by atoms with Crippen LogP contribution in [0.4, 0.5) is 8.78 Å². The lowest BCUT2D eigenvalue weighted by molar-refractivity contribution is 0.507. The van der Waals surface area contributed by atoms with E-state index in [9.17, 15) is 13.0 Å². The zero-order valence-electron chi connectivity index (χ0n) is 6.67. The van der Waals surface area contributed by atoms with Gasteiger partial charge in [-0.1, -0.05) is 6.07 Å². The van der Waals surface area contributed by atoms with Crippen LogP contribution in [-0.4, -0.2) is 14.5 Å². The molecule has 1 unspecified atom stereocenters. The Hall–Kier alpha value is -0.810. The van der Waals surface area contributed by atoms with Crippen LogP contribution in [0.3, 0.4) is 0 Å². The third kappa shape index (κ3) is 3.20. The molecule has 1 aromatic carbocycles. The van der Waals surface area contributed by atoms with Crippen LogP contribution >= 0.6 is 0 Å². The largest absolute Gasteiger partial charge is 0.306 e. The first-order valence-electron chi connectivity index (χ1n) is 3.61. The van der Waals surface area contributed by atoms with E-state index in [1.165, 1.54) is 6.07 Å². The molecule has 0 aliphatic rings. The lowest BCUT2D eigenvalue weighted by Gasteiger charge is -1.99. The predicted molar refractivity (Wildman–Crippen MR) is 45.7 cm³/mol. The van der Waals surface area contributed by atoms with Gasteiger partial charge in [0.25, 0.3) is 0 Å². The van der Waals surface area contributed by atoms with Crippen LogP contribution in [0.15, 0.2) is 18.2 Å². The average Bonchev–Trinajstić information content (AvgIpc) is 2.07. The van der Waals surface area contributed by atoms with Gasteiger partial charge in [-0.2, -0.15) is 0 Å². The van der Waals surface area contributed by atoms with Crippen molar-refractivity contribution < 1.29 is 17.5 Å². The minimum Gasteiger partial charge on any atom is -0.306 e. The Balaban J connectivity index is 2.68. The number of aryl methyl sites for hydroxylation is 1. The van der Waals surface area contributed by atoms with E-state index in [0.717, 1.165) is 12.1 Å². The molecular weight excluding hydrogens is 198 g/mol. The van der Waals surface area contributed by atoms with E-state index in [1.807, 2.05) is 0 Å². The van der Waals surface area contributed by atoms with Gasteiger partial charge in [0.2, 0.25) is 0 Å². The Labute approximate surface area is 76.9 Å². The molecule has 0 amide bonds. The maximum absolute atomic E-state index is 12.6. The Kier molecular flexibility index (Phi) is 3.50. The standard InChI is InChI=1S/C8H8F2O2S/c9-7-2-1-6(5-8(7)10)3-4-13(11)12/h1-2,5H,3-4H2,(H,11,12). The van der Waals surface area contributed by atoms with Crippen molar-refractivity contribution in [3.8, 4) is 0 Å². The molecular formula is C8H8F2O2S. The Morgan fingerprint density at radius 3 is 2.54 bits per heavy atom. The summed E-state index contributed by atoms with van der Waals surface area (Å²) in [4.78, 5) is 0. The van der Waals surface area contributed by atoms with E-state index in [-0.39, 0.29) is 12.2 Å². The molecule has 0 fully saturated rings. The maximum atomic E-state index is 12.6. The summed E-state index contributed by atoms with van der Waals surface area (Å²) in [5.74, 6) is -1.81. The van der Waals surface area contributed by atoms with Crippen LogP contribution in [0, 0.1) is 11.6 Å². The predicted octanol–water partition coefficient (Wildman–Crippen LogP) is 1.73.